The molecule has 1 aromatic carbocycles. The van der Waals surface area contributed by atoms with Gasteiger partial charge in [-0.3, -0.25) is 4.79 Å². The normalized spacial score (nSPS) is 9.53. The summed E-state index contributed by atoms with van der Waals surface area (Å²) < 4.78 is 14.9. The summed E-state index contributed by atoms with van der Waals surface area (Å²) >= 11 is 0. The van der Waals surface area contributed by atoms with Gasteiger partial charge in [0.2, 0.25) is 0 Å². The highest BCUT2D eigenvalue weighted by molar-refractivity contribution is 5.77. The molecule has 1 aromatic rings. The Morgan fingerprint density at radius 2 is 2.00 bits per heavy atom. The predicted molar refractivity (Wildman–Crippen MR) is 60.5 cm³/mol. The van der Waals surface area contributed by atoms with Crippen LogP contribution >= 0.6 is 0 Å². The minimum atomic E-state index is -0.456. The Labute approximate surface area is 99.3 Å². The molecule has 0 bridgehead atoms. The molecule has 92 valence electrons. The van der Waals surface area contributed by atoms with Crippen molar-refractivity contribution in [1.82, 2.24) is 0 Å². The molecule has 5 heteroatoms. The molecule has 0 aliphatic rings. The SMILES string of the molecule is CCOC(=O)COc1cc(C=O)cc(OC)c1. The van der Waals surface area contributed by atoms with Crippen molar-refractivity contribution >= 4 is 12.3 Å². The van der Waals surface area contributed by atoms with Crippen LogP contribution in [0, 0.1) is 0 Å². The standard InChI is InChI=1S/C12H14O5/c1-3-16-12(14)8-17-11-5-9(7-13)4-10(6-11)15-2/h4-7H,3,8H2,1-2H3. The summed E-state index contributed by atoms with van der Waals surface area (Å²) in [6.45, 7) is 1.83. The number of carbonyl (C=O) groups is 2. The second-order valence-corrected chi connectivity index (χ2v) is 3.15. The third-order valence-corrected chi connectivity index (χ3v) is 1.94. The van der Waals surface area contributed by atoms with E-state index in [0.29, 0.717) is 30.0 Å². The zero-order chi connectivity index (χ0) is 12.7. The van der Waals surface area contributed by atoms with Gasteiger partial charge in [-0.15, -0.1) is 0 Å². The van der Waals surface area contributed by atoms with Gasteiger partial charge in [0.1, 0.15) is 17.8 Å². The van der Waals surface area contributed by atoms with Gasteiger partial charge >= 0.3 is 5.97 Å². The van der Waals surface area contributed by atoms with Gasteiger partial charge in [-0.05, 0) is 19.1 Å². The Balaban J connectivity index is 2.69. The minimum Gasteiger partial charge on any atom is -0.497 e. The van der Waals surface area contributed by atoms with Crippen molar-refractivity contribution in [3.05, 3.63) is 23.8 Å². The smallest absolute Gasteiger partial charge is 0.344 e. The monoisotopic (exact) mass is 238 g/mol. The second-order valence-electron chi connectivity index (χ2n) is 3.15. The van der Waals surface area contributed by atoms with E-state index in [1.807, 2.05) is 0 Å². The highest BCUT2D eigenvalue weighted by atomic mass is 16.6. The maximum Gasteiger partial charge on any atom is 0.344 e. The third-order valence-electron chi connectivity index (χ3n) is 1.94. The van der Waals surface area contributed by atoms with Crippen molar-refractivity contribution in [2.75, 3.05) is 20.3 Å². The number of ether oxygens (including phenoxy) is 3. The third kappa shape index (κ3) is 4.14. The van der Waals surface area contributed by atoms with E-state index in [-0.39, 0.29) is 6.61 Å². The minimum absolute atomic E-state index is 0.195. The van der Waals surface area contributed by atoms with Crippen LogP contribution in [0.15, 0.2) is 18.2 Å². The maximum absolute atomic E-state index is 11.1. The van der Waals surface area contributed by atoms with Crippen LogP contribution in [0.1, 0.15) is 17.3 Å². The molecule has 5 nitrogen and oxygen atoms in total. The van der Waals surface area contributed by atoms with E-state index < -0.39 is 5.97 Å². The lowest BCUT2D eigenvalue weighted by atomic mass is 10.2. The van der Waals surface area contributed by atoms with Crippen molar-refractivity contribution in [3.8, 4) is 11.5 Å². The number of hydrogen-bond acceptors (Lipinski definition) is 5. The first kappa shape index (κ1) is 13.0. The Morgan fingerprint density at radius 1 is 1.29 bits per heavy atom. The Hall–Kier alpha value is -2.04. The van der Waals surface area contributed by atoms with Gasteiger partial charge < -0.3 is 14.2 Å². The van der Waals surface area contributed by atoms with E-state index in [1.165, 1.54) is 13.2 Å². The summed E-state index contributed by atoms with van der Waals surface area (Å²) in [6.07, 6.45) is 0.680. The molecular weight excluding hydrogens is 224 g/mol. The van der Waals surface area contributed by atoms with Crippen LogP contribution in [0.5, 0.6) is 11.5 Å². The number of hydrogen-bond donors (Lipinski definition) is 0. The van der Waals surface area contributed by atoms with E-state index in [0.717, 1.165) is 0 Å². The molecule has 0 saturated carbocycles. The van der Waals surface area contributed by atoms with E-state index in [9.17, 15) is 9.59 Å². The largest absolute Gasteiger partial charge is 0.497 e. The average molecular weight is 238 g/mol. The van der Waals surface area contributed by atoms with Crippen molar-refractivity contribution in [1.29, 1.82) is 0 Å². The van der Waals surface area contributed by atoms with E-state index in [2.05, 4.69) is 0 Å². The molecule has 0 aliphatic heterocycles. The lowest BCUT2D eigenvalue weighted by Gasteiger charge is -2.08. The molecule has 1 rings (SSSR count). The lowest BCUT2D eigenvalue weighted by molar-refractivity contribution is -0.145. The summed E-state index contributed by atoms with van der Waals surface area (Å²) in [5.41, 5.74) is 0.420. The first-order valence-corrected chi connectivity index (χ1v) is 5.12. The fraction of sp³-hybridized carbons (Fsp3) is 0.333. The summed E-state index contributed by atoms with van der Waals surface area (Å²) in [4.78, 5) is 21.7. The summed E-state index contributed by atoms with van der Waals surface area (Å²) in [6, 6.07) is 4.69. The van der Waals surface area contributed by atoms with Crippen molar-refractivity contribution in [2.24, 2.45) is 0 Å². The molecule has 0 aromatic heterocycles. The Kier molecular flexibility index (Phi) is 5.00. The average Bonchev–Trinajstić information content (AvgIpc) is 2.36. The zero-order valence-electron chi connectivity index (χ0n) is 9.76. The Bertz CT molecular complexity index is 400. The molecule has 0 spiro atoms. The van der Waals surface area contributed by atoms with Crippen LogP contribution in [0.25, 0.3) is 0 Å². The summed E-state index contributed by atoms with van der Waals surface area (Å²) in [5, 5.41) is 0. The number of rotatable bonds is 6. The molecule has 0 atom stereocenters. The molecule has 0 aliphatic carbocycles. The van der Waals surface area contributed by atoms with Gasteiger partial charge in [0.25, 0.3) is 0 Å². The van der Waals surface area contributed by atoms with E-state index >= 15 is 0 Å². The van der Waals surface area contributed by atoms with Crippen LogP contribution in [0.3, 0.4) is 0 Å². The maximum atomic E-state index is 11.1. The van der Waals surface area contributed by atoms with Crippen LogP contribution in [0.2, 0.25) is 0 Å². The van der Waals surface area contributed by atoms with Gasteiger partial charge in [0.05, 0.1) is 13.7 Å². The van der Waals surface area contributed by atoms with Crippen LogP contribution in [-0.2, 0) is 9.53 Å². The van der Waals surface area contributed by atoms with Gasteiger partial charge in [-0.25, -0.2) is 4.79 Å². The van der Waals surface area contributed by atoms with Gasteiger partial charge in [0, 0.05) is 11.6 Å². The molecule has 0 unspecified atom stereocenters. The zero-order valence-corrected chi connectivity index (χ0v) is 9.76. The number of methoxy groups -OCH3 is 1. The fourth-order valence-corrected chi connectivity index (χ4v) is 1.21. The van der Waals surface area contributed by atoms with Gasteiger partial charge in [-0.2, -0.15) is 0 Å². The topological polar surface area (TPSA) is 61.8 Å². The van der Waals surface area contributed by atoms with E-state index in [4.69, 9.17) is 14.2 Å². The lowest BCUT2D eigenvalue weighted by Crippen LogP contribution is -2.14. The number of esters is 1. The van der Waals surface area contributed by atoms with Crippen molar-refractivity contribution in [3.63, 3.8) is 0 Å². The van der Waals surface area contributed by atoms with E-state index in [1.54, 1.807) is 19.1 Å². The molecule has 0 radical (unpaired) electrons. The predicted octanol–water partition coefficient (Wildman–Crippen LogP) is 1.45. The van der Waals surface area contributed by atoms with Gasteiger partial charge in [0.15, 0.2) is 6.61 Å². The fourth-order valence-electron chi connectivity index (χ4n) is 1.21. The van der Waals surface area contributed by atoms with Gasteiger partial charge in [-0.1, -0.05) is 0 Å². The quantitative estimate of drug-likeness (QED) is 0.554. The molecule has 0 saturated heterocycles. The van der Waals surface area contributed by atoms with Crippen molar-refractivity contribution < 1.29 is 23.8 Å². The molecular formula is C12H14O5. The Morgan fingerprint density at radius 3 is 2.59 bits per heavy atom. The summed E-state index contributed by atoms with van der Waals surface area (Å²) in [7, 11) is 1.49. The van der Waals surface area contributed by atoms with Crippen LogP contribution in [0.4, 0.5) is 0 Å². The first-order chi connectivity index (χ1) is 8.19. The summed E-state index contributed by atoms with van der Waals surface area (Å²) in [5.74, 6) is 0.427. The van der Waals surface area contributed by atoms with Crippen molar-refractivity contribution in [2.45, 2.75) is 6.92 Å². The van der Waals surface area contributed by atoms with Crippen LogP contribution in [-0.4, -0.2) is 32.6 Å². The number of carbonyl (C=O) groups excluding carboxylic acids is 2. The highest BCUT2D eigenvalue weighted by Gasteiger charge is 2.05. The highest BCUT2D eigenvalue weighted by Crippen LogP contribution is 2.21. The molecule has 0 fully saturated rings. The number of benzene rings is 1. The first-order valence-electron chi connectivity index (χ1n) is 5.12. The molecule has 0 heterocycles. The second kappa shape index (κ2) is 6.52. The molecule has 17 heavy (non-hydrogen) atoms. The molecule has 0 amide bonds. The van der Waals surface area contributed by atoms with Crippen LogP contribution < -0.4 is 9.47 Å². The number of aldehydes is 1. The molecule has 0 N–H and O–H groups in total.